The molecular formula is C15H12BrNOS. The molecule has 2 aromatic rings. The van der Waals surface area contributed by atoms with Crippen LogP contribution in [0.15, 0.2) is 59.1 Å². The summed E-state index contributed by atoms with van der Waals surface area (Å²) >= 11 is 8.86. The van der Waals surface area contributed by atoms with E-state index >= 15 is 0 Å². The molecule has 4 heteroatoms. The topological polar surface area (TPSA) is 12.5 Å². The molecule has 1 unspecified atom stereocenters. The van der Waals surface area contributed by atoms with Crippen molar-refractivity contribution in [1.82, 2.24) is 0 Å². The minimum atomic E-state index is -0.136. The molecule has 1 fully saturated rings. The van der Waals surface area contributed by atoms with E-state index in [0.717, 1.165) is 20.7 Å². The van der Waals surface area contributed by atoms with Crippen LogP contribution >= 0.6 is 28.1 Å². The quantitative estimate of drug-likeness (QED) is 0.760. The van der Waals surface area contributed by atoms with Crippen molar-refractivity contribution in [3.8, 4) is 0 Å². The van der Waals surface area contributed by atoms with Gasteiger partial charge in [0.05, 0.1) is 0 Å². The van der Waals surface area contributed by atoms with Gasteiger partial charge in [-0.25, -0.2) is 0 Å². The van der Waals surface area contributed by atoms with Crippen molar-refractivity contribution in [2.24, 2.45) is 0 Å². The van der Waals surface area contributed by atoms with E-state index in [-0.39, 0.29) is 6.23 Å². The first-order valence-corrected chi connectivity index (χ1v) is 7.20. The lowest BCUT2D eigenvalue weighted by Gasteiger charge is -2.25. The number of hydrogen-bond donors (Lipinski definition) is 0. The summed E-state index contributed by atoms with van der Waals surface area (Å²) in [5, 5.41) is 0. The van der Waals surface area contributed by atoms with Crippen LogP contribution < -0.4 is 4.90 Å². The molecule has 1 aliphatic rings. The molecule has 0 amide bonds. The minimum Gasteiger partial charge on any atom is -0.347 e. The fraction of sp³-hybridized carbons (Fsp3) is 0.133. The molecule has 0 saturated carbocycles. The molecule has 0 spiro atoms. The molecule has 0 aliphatic carbocycles. The van der Waals surface area contributed by atoms with Crippen LogP contribution in [0.3, 0.4) is 0 Å². The predicted molar refractivity (Wildman–Crippen MR) is 84.4 cm³/mol. The molecule has 0 N–H and O–H groups in total. The SMILES string of the molecule is S=C1COC(c2ccc(Br)cc2)N1c1ccccc1. The van der Waals surface area contributed by atoms with E-state index in [1.54, 1.807) is 0 Å². The summed E-state index contributed by atoms with van der Waals surface area (Å²) in [6.07, 6.45) is -0.136. The number of nitrogens with zero attached hydrogens (tertiary/aromatic N) is 1. The highest BCUT2D eigenvalue weighted by Gasteiger charge is 2.31. The first kappa shape index (κ1) is 12.8. The van der Waals surface area contributed by atoms with Gasteiger partial charge in [-0.15, -0.1) is 0 Å². The van der Waals surface area contributed by atoms with Crippen molar-refractivity contribution in [3.05, 3.63) is 64.6 Å². The van der Waals surface area contributed by atoms with Gasteiger partial charge in [-0.3, -0.25) is 0 Å². The van der Waals surface area contributed by atoms with Gasteiger partial charge in [0.25, 0.3) is 0 Å². The monoisotopic (exact) mass is 333 g/mol. The van der Waals surface area contributed by atoms with Crippen LogP contribution in [0, 0.1) is 0 Å². The predicted octanol–water partition coefficient (Wildman–Crippen LogP) is 4.31. The Morgan fingerprint density at radius 3 is 2.42 bits per heavy atom. The number of anilines is 1. The largest absolute Gasteiger partial charge is 0.347 e. The van der Waals surface area contributed by atoms with E-state index in [4.69, 9.17) is 17.0 Å². The maximum Gasteiger partial charge on any atom is 0.161 e. The highest BCUT2D eigenvalue weighted by Crippen LogP contribution is 2.33. The number of thiocarbonyl (C=S) groups is 1. The Morgan fingerprint density at radius 2 is 1.74 bits per heavy atom. The third-order valence-electron chi connectivity index (χ3n) is 3.06. The van der Waals surface area contributed by atoms with E-state index in [0.29, 0.717) is 6.61 Å². The lowest BCUT2D eigenvalue weighted by Crippen LogP contribution is -2.26. The van der Waals surface area contributed by atoms with Gasteiger partial charge in [0.15, 0.2) is 6.23 Å². The van der Waals surface area contributed by atoms with Gasteiger partial charge < -0.3 is 9.64 Å². The average Bonchev–Trinajstić information content (AvgIpc) is 2.82. The Balaban J connectivity index is 1.97. The summed E-state index contributed by atoms with van der Waals surface area (Å²) < 4.78 is 6.89. The van der Waals surface area contributed by atoms with E-state index in [9.17, 15) is 0 Å². The Labute approximate surface area is 126 Å². The van der Waals surface area contributed by atoms with Crippen LogP contribution in [0.1, 0.15) is 11.8 Å². The highest BCUT2D eigenvalue weighted by atomic mass is 79.9. The van der Waals surface area contributed by atoms with Crippen molar-refractivity contribution < 1.29 is 4.74 Å². The molecule has 1 heterocycles. The number of halogens is 1. The summed E-state index contributed by atoms with van der Waals surface area (Å²) in [7, 11) is 0. The van der Waals surface area contributed by atoms with Crippen LogP contribution in [0.25, 0.3) is 0 Å². The van der Waals surface area contributed by atoms with Gasteiger partial charge >= 0.3 is 0 Å². The smallest absolute Gasteiger partial charge is 0.161 e. The summed E-state index contributed by atoms with van der Waals surface area (Å²) in [6, 6.07) is 18.3. The fourth-order valence-corrected chi connectivity index (χ4v) is 2.70. The zero-order valence-electron chi connectivity index (χ0n) is 10.1. The maximum absolute atomic E-state index is 5.83. The molecule has 2 nitrogen and oxygen atoms in total. The fourth-order valence-electron chi connectivity index (χ4n) is 2.17. The Kier molecular flexibility index (Phi) is 3.64. The first-order chi connectivity index (χ1) is 9.25. The van der Waals surface area contributed by atoms with Crippen molar-refractivity contribution in [3.63, 3.8) is 0 Å². The van der Waals surface area contributed by atoms with Gasteiger partial charge in [0.1, 0.15) is 11.6 Å². The van der Waals surface area contributed by atoms with Crippen LogP contribution in [0.2, 0.25) is 0 Å². The molecule has 1 aliphatic heterocycles. The number of para-hydroxylation sites is 1. The van der Waals surface area contributed by atoms with Gasteiger partial charge in [0, 0.05) is 15.7 Å². The second-order valence-corrected chi connectivity index (χ2v) is 5.70. The van der Waals surface area contributed by atoms with E-state index in [1.165, 1.54) is 0 Å². The molecule has 3 rings (SSSR count). The summed E-state index contributed by atoms with van der Waals surface area (Å²) in [5.41, 5.74) is 2.17. The van der Waals surface area contributed by atoms with Crippen molar-refractivity contribution in [2.45, 2.75) is 6.23 Å². The number of hydrogen-bond acceptors (Lipinski definition) is 2. The molecule has 0 aromatic heterocycles. The Morgan fingerprint density at radius 1 is 1.05 bits per heavy atom. The average molecular weight is 334 g/mol. The number of ether oxygens (including phenoxy) is 1. The van der Waals surface area contributed by atoms with Crippen LogP contribution in [-0.2, 0) is 4.74 Å². The molecule has 1 saturated heterocycles. The van der Waals surface area contributed by atoms with Crippen molar-refractivity contribution >= 4 is 38.8 Å². The van der Waals surface area contributed by atoms with Gasteiger partial charge in [-0.2, -0.15) is 0 Å². The van der Waals surface area contributed by atoms with E-state index in [2.05, 4.69) is 33.0 Å². The molecule has 96 valence electrons. The lowest BCUT2D eigenvalue weighted by molar-refractivity contribution is 0.117. The van der Waals surface area contributed by atoms with Crippen LogP contribution in [0.4, 0.5) is 5.69 Å². The molecule has 1 atom stereocenters. The van der Waals surface area contributed by atoms with Crippen molar-refractivity contribution in [2.75, 3.05) is 11.5 Å². The van der Waals surface area contributed by atoms with Gasteiger partial charge in [-0.05, 0) is 24.3 Å². The molecule has 0 bridgehead atoms. The lowest BCUT2D eigenvalue weighted by atomic mass is 10.1. The maximum atomic E-state index is 5.83. The Hall–Kier alpha value is -1.23. The third kappa shape index (κ3) is 2.56. The van der Waals surface area contributed by atoms with E-state index in [1.807, 2.05) is 42.5 Å². The van der Waals surface area contributed by atoms with E-state index < -0.39 is 0 Å². The van der Waals surface area contributed by atoms with Gasteiger partial charge in [-0.1, -0.05) is 58.5 Å². The van der Waals surface area contributed by atoms with Crippen molar-refractivity contribution in [1.29, 1.82) is 0 Å². The molecule has 19 heavy (non-hydrogen) atoms. The number of rotatable bonds is 2. The zero-order valence-corrected chi connectivity index (χ0v) is 12.5. The normalized spacial score (nSPS) is 18.9. The molecule has 0 radical (unpaired) electrons. The molecular weight excluding hydrogens is 322 g/mol. The van der Waals surface area contributed by atoms with Crippen LogP contribution in [-0.4, -0.2) is 11.6 Å². The molecule has 2 aromatic carbocycles. The second kappa shape index (κ2) is 5.41. The number of benzene rings is 2. The summed E-state index contributed by atoms with van der Waals surface area (Å²) in [6.45, 7) is 0.491. The summed E-state index contributed by atoms with van der Waals surface area (Å²) in [4.78, 5) is 2.89. The second-order valence-electron chi connectivity index (χ2n) is 4.31. The standard InChI is InChI=1S/C15H12BrNOS/c16-12-8-6-11(7-9-12)15-17(14(19)10-18-15)13-4-2-1-3-5-13/h1-9,15H,10H2. The van der Waals surface area contributed by atoms with Crippen LogP contribution in [0.5, 0.6) is 0 Å². The summed E-state index contributed by atoms with van der Waals surface area (Å²) in [5.74, 6) is 0. The zero-order chi connectivity index (χ0) is 13.2. The first-order valence-electron chi connectivity index (χ1n) is 6.00. The minimum absolute atomic E-state index is 0.136. The van der Waals surface area contributed by atoms with Gasteiger partial charge in [0.2, 0.25) is 0 Å². The Bertz CT molecular complexity index is 585. The third-order valence-corrected chi connectivity index (χ3v) is 3.90. The highest BCUT2D eigenvalue weighted by molar-refractivity contribution is 9.10.